The average molecular weight is 290 g/mol. The van der Waals surface area contributed by atoms with Crippen LogP contribution in [-0.4, -0.2) is 45.3 Å². The third-order valence-electron chi connectivity index (χ3n) is 1.28. The highest BCUT2D eigenvalue weighted by Gasteiger charge is 2.44. The van der Waals surface area contributed by atoms with Crippen molar-refractivity contribution >= 4 is 17.3 Å². The lowest BCUT2D eigenvalue weighted by Gasteiger charge is -2.26. The second-order valence-corrected chi connectivity index (χ2v) is 5.23. The van der Waals surface area contributed by atoms with Crippen LogP contribution in [0.1, 0.15) is 27.7 Å². The normalized spacial score (nSPS) is 11.2. The van der Waals surface area contributed by atoms with E-state index >= 15 is 0 Å². The highest BCUT2D eigenvalue weighted by Crippen LogP contribution is 2.11. The molecule has 0 aromatic rings. The Morgan fingerprint density at radius 3 is 1.12 bits per heavy atom. The Balaban J connectivity index is 0. The Hall–Kier alpha value is 0.207. The van der Waals surface area contributed by atoms with Gasteiger partial charge in [-0.05, 0) is 27.7 Å². The molecule has 0 aromatic carbocycles. The Kier molecular flexibility index (Phi) is 14.6. The van der Waals surface area contributed by atoms with Crippen LogP contribution in [0.25, 0.3) is 0 Å². The van der Waals surface area contributed by atoms with Crippen LogP contribution in [0.4, 0.5) is 0 Å². The molecule has 0 aliphatic heterocycles. The van der Waals surface area contributed by atoms with E-state index in [-0.39, 0.29) is 0 Å². The van der Waals surface area contributed by atoms with Gasteiger partial charge in [-0.3, -0.25) is 4.57 Å². The van der Waals surface area contributed by atoms with Gasteiger partial charge in [0.25, 0.3) is 0 Å². The lowest BCUT2D eigenvalue weighted by atomic mass is 10.9. The van der Waals surface area contributed by atoms with Crippen LogP contribution in [0.2, 0.25) is 0 Å². The van der Waals surface area contributed by atoms with Gasteiger partial charge in [0, 0.05) is 26.4 Å². The van der Waals surface area contributed by atoms with Gasteiger partial charge in [-0.15, -0.1) is 0 Å². The molecule has 2 N–H and O–H groups in total. The van der Waals surface area contributed by atoms with Gasteiger partial charge >= 0.3 is 17.3 Å². The van der Waals surface area contributed by atoms with Crippen molar-refractivity contribution in [2.24, 2.45) is 0 Å². The zero-order valence-corrected chi connectivity index (χ0v) is 12.8. The molecule has 7 nitrogen and oxygen atoms in total. The van der Waals surface area contributed by atoms with Gasteiger partial charge in [-0.2, -0.15) is 0 Å². The molecule has 0 unspecified atom stereocenters. The largest absolute Gasteiger partial charge is 0.679 e. The van der Waals surface area contributed by atoms with Crippen molar-refractivity contribution in [2.75, 3.05) is 26.4 Å². The first-order valence-corrected chi connectivity index (χ1v) is 8.39. The van der Waals surface area contributed by atoms with E-state index in [0.717, 1.165) is 0 Å². The van der Waals surface area contributed by atoms with Crippen LogP contribution in [0.5, 0.6) is 0 Å². The molecule has 9 heteroatoms. The molecule has 0 aromatic heterocycles. The summed E-state index contributed by atoms with van der Waals surface area (Å²) in [7, 11) is -5.93. The van der Waals surface area contributed by atoms with Crippen molar-refractivity contribution in [2.45, 2.75) is 27.7 Å². The second-order valence-electron chi connectivity index (χ2n) is 2.51. The number of hydrogen-bond acceptors (Lipinski definition) is 5. The molecule has 0 aliphatic rings. The van der Waals surface area contributed by atoms with Crippen molar-refractivity contribution in [3.8, 4) is 0 Å². The summed E-state index contributed by atoms with van der Waals surface area (Å²) in [4.78, 5) is 14.3. The summed E-state index contributed by atoms with van der Waals surface area (Å²) in [5, 5.41) is 0. The Bertz CT molecular complexity index is 159. The van der Waals surface area contributed by atoms with Crippen molar-refractivity contribution in [3.63, 3.8) is 0 Å². The number of hydrogen-bond donors (Lipinski definition) is 2. The molecule has 0 saturated carbocycles. The minimum atomic E-state index is -3.13. The highest BCUT2D eigenvalue weighted by atomic mass is 31.1. The standard InChI is InChI=1S/C8H20O4Si.H3O3P/c1-5-9-13(10-6-2,11-7-3)12-8-4;1-4(2)3/h5-8H2,1-4H3;4H,(H2,1,2,3). The molecule has 0 atom stereocenters. The maximum atomic E-state index is 8.74. The fraction of sp³-hybridized carbons (Fsp3) is 1.00. The van der Waals surface area contributed by atoms with Crippen LogP contribution in [0, 0.1) is 0 Å². The summed E-state index contributed by atoms with van der Waals surface area (Å²) in [6.45, 7) is 9.80. The molecule has 0 bridgehead atoms. The summed E-state index contributed by atoms with van der Waals surface area (Å²) in [6, 6.07) is 0. The van der Waals surface area contributed by atoms with E-state index in [2.05, 4.69) is 0 Å². The maximum absolute atomic E-state index is 8.74. The summed E-state index contributed by atoms with van der Waals surface area (Å²) in [5.74, 6) is 0. The fourth-order valence-electron chi connectivity index (χ4n) is 0.957. The summed E-state index contributed by atoms with van der Waals surface area (Å²) >= 11 is 0. The van der Waals surface area contributed by atoms with Crippen LogP contribution < -0.4 is 0 Å². The smallest absolute Gasteiger partial charge is 0.351 e. The fourth-order valence-corrected chi connectivity index (χ4v) is 2.87. The van der Waals surface area contributed by atoms with Gasteiger partial charge in [-0.25, -0.2) is 0 Å². The van der Waals surface area contributed by atoms with Gasteiger partial charge in [0.1, 0.15) is 0 Å². The molecule has 0 fully saturated rings. The topological polar surface area (TPSA) is 94.5 Å². The van der Waals surface area contributed by atoms with Crippen LogP contribution >= 0.6 is 8.25 Å². The molecule has 17 heavy (non-hydrogen) atoms. The van der Waals surface area contributed by atoms with Gasteiger partial charge < -0.3 is 27.5 Å². The second kappa shape index (κ2) is 12.7. The molecular weight excluding hydrogens is 267 g/mol. The Morgan fingerprint density at radius 1 is 0.824 bits per heavy atom. The van der Waals surface area contributed by atoms with E-state index in [1.807, 2.05) is 27.7 Å². The number of rotatable bonds is 8. The molecule has 0 aliphatic carbocycles. The molecule has 0 spiro atoms. The van der Waals surface area contributed by atoms with Crippen molar-refractivity contribution in [1.82, 2.24) is 0 Å². The first-order chi connectivity index (χ1) is 7.97. The minimum Gasteiger partial charge on any atom is -0.351 e. The third kappa shape index (κ3) is 12.5. The molecule has 0 radical (unpaired) electrons. The summed E-state index contributed by atoms with van der Waals surface area (Å²) < 4.78 is 30.4. The van der Waals surface area contributed by atoms with E-state index in [4.69, 9.17) is 32.1 Å². The first kappa shape index (κ1) is 19.5. The van der Waals surface area contributed by atoms with E-state index < -0.39 is 17.3 Å². The van der Waals surface area contributed by atoms with Gasteiger partial charge in [0.05, 0.1) is 0 Å². The van der Waals surface area contributed by atoms with E-state index in [1.165, 1.54) is 0 Å². The van der Waals surface area contributed by atoms with Crippen molar-refractivity contribution < 1.29 is 32.1 Å². The molecule has 0 rings (SSSR count). The van der Waals surface area contributed by atoms with E-state index in [9.17, 15) is 0 Å². The molecule has 0 heterocycles. The third-order valence-corrected chi connectivity index (χ3v) is 3.85. The highest BCUT2D eigenvalue weighted by molar-refractivity contribution is 7.30. The zero-order valence-electron chi connectivity index (χ0n) is 10.8. The van der Waals surface area contributed by atoms with E-state index in [1.54, 1.807) is 0 Å². The minimum absolute atomic E-state index is 0.548. The lowest BCUT2D eigenvalue weighted by Crippen LogP contribution is -2.49. The lowest BCUT2D eigenvalue weighted by molar-refractivity contribution is -0.0247. The van der Waals surface area contributed by atoms with Gasteiger partial charge in [0.2, 0.25) is 0 Å². The van der Waals surface area contributed by atoms with E-state index in [0.29, 0.717) is 26.4 Å². The van der Waals surface area contributed by atoms with Gasteiger partial charge in [0.15, 0.2) is 0 Å². The van der Waals surface area contributed by atoms with Crippen molar-refractivity contribution in [3.05, 3.63) is 0 Å². The summed E-state index contributed by atoms with van der Waals surface area (Å²) in [6.07, 6.45) is 0. The predicted octanol–water partition coefficient (Wildman–Crippen LogP) is 0.929. The van der Waals surface area contributed by atoms with Crippen LogP contribution in [0.3, 0.4) is 0 Å². The first-order valence-electron chi connectivity index (χ1n) is 5.45. The maximum Gasteiger partial charge on any atom is 0.679 e. The monoisotopic (exact) mass is 290 g/mol. The SMILES string of the molecule is CCO[Si](OCC)(OCC)OCC.O=[PH](O)O. The van der Waals surface area contributed by atoms with Crippen LogP contribution in [-0.2, 0) is 22.3 Å². The molecular formula is C8H23O7PSi. The van der Waals surface area contributed by atoms with Crippen molar-refractivity contribution in [1.29, 1.82) is 0 Å². The van der Waals surface area contributed by atoms with Gasteiger partial charge in [-0.1, -0.05) is 0 Å². The Labute approximate surface area is 104 Å². The van der Waals surface area contributed by atoms with Crippen LogP contribution in [0.15, 0.2) is 0 Å². The average Bonchev–Trinajstić information content (AvgIpc) is 2.18. The molecule has 106 valence electrons. The Morgan fingerprint density at radius 2 is 1.00 bits per heavy atom. The molecule has 0 saturated heterocycles. The molecule has 0 amide bonds. The summed E-state index contributed by atoms with van der Waals surface area (Å²) in [5.41, 5.74) is 0. The quantitative estimate of drug-likeness (QED) is 0.507. The predicted molar refractivity (Wildman–Crippen MR) is 65.7 cm³/mol. The zero-order chi connectivity index (χ0) is 13.7.